The molecule has 0 saturated carbocycles. The first kappa shape index (κ1) is 10.9. The molecule has 0 spiro atoms. The minimum Gasteiger partial charge on any atom is -0.441 e. The SMILES string of the molecule is Cc1nc(-c2ccc(C(C)C)cc2)oc1C. The third-order valence-corrected chi connectivity index (χ3v) is 2.85. The van der Waals surface area contributed by atoms with Gasteiger partial charge < -0.3 is 4.42 Å². The van der Waals surface area contributed by atoms with Gasteiger partial charge in [0.2, 0.25) is 5.89 Å². The van der Waals surface area contributed by atoms with Crippen LogP contribution >= 0.6 is 0 Å². The van der Waals surface area contributed by atoms with E-state index in [4.69, 9.17) is 4.42 Å². The van der Waals surface area contributed by atoms with Gasteiger partial charge in [-0.05, 0) is 37.5 Å². The van der Waals surface area contributed by atoms with Crippen molar-refractivity contribution in [1.82, 2.24) is 4.98 Å². The van der Waals surface area contributed by atoms with Gasteiger partial charge in [0, 0.05) is 5.56 Å². The molecule has 0 atom stereocenters. The molecule has 1 aromatic heterocycles. The zero-order chi connectivity index (χ0) is 11.7. The molecular formula is C14H17NO. The Labute approximate surface area is 96.3 Å². The van der Waals surface area contributed by atoms with Gasteiger partial charge in [-0.15, -0.1) is 0 Å². The molecule has 84 valence electrons. The summed E-state index contributed by atoms with van der Waals surface area (Å²) in [5.74, 6) is 2.16. The maximum absolute atomic E-state index is 5.59. The second-order valence-corrected chi connectivity index (χ2v) is 4.44. The van der Waals surface area contributed by atoms with Gasteiger partial charge in [-0.2, -0.15) is 0 Å². The second-order valence-electron chi connectivity index (χ2n) is 4.44. The fourth-order valence-electron chi connectivity index (χ4n) is 1.61. The third kappa shape index (κ3) is 2.01. The summed E-state index contributed by atoms with van der Waals surface area (Å²) in [6.45, 7) is 8.28. The van der Waals surface area contributed by atoms with Crippen molar-refractivity contribution in [3.05, 3.63) is 41.3 Å². The molecule has 0 fully saturated rings. The van der Waals surface area contributed by atoms with Gasteiger partial charge in [0.1, 0.15) is 5.76 Å². The van der Waals surface area contributed by atoms with E-state index < -0.39 is 0 Å². The molecule has 0 aliphatic heterocycles. The number of aryl methyl sites for hydroxylation is 2. The van der Waals surface area contributed by atoms with Gasteiger partial charge in [-0.25, -0.2) is 4.98 Å². The maximum Gasteiger partial charge on any atom is 0.226 e. The molecule has 2 nitrogen and oxygen atoms in total. The van der Waals surface area contributed by atoms with Crippen molar-refractivity contribution in [2.45, 2.75) is 33.6 Å². The molecule has 2 heteroatoms. The Balaban J connectivity index is 2.34. The largest absolute Gasteiger partial charge is 0.441 e. The van der Waals surface area contributed by atoms with Crippen molar-refractivity contribution < 1.29 is 4.42 Å². The predicted molar refractivity (Wildman–Crippen MR) is 65.5 cm³/mol. The van der Waals surface area contributed by atoms with Gasteiger partial charge in [0.15, 0.2) is 0 Å². The van der Waals surface area contributed by atoms with Crippen LogP contribution < -0.4 is 0 Å². The highest BCUT2D eigenvalue weighted by molar-refractivity contribution is 5.54. The Bertz CT molecular complexity index is 460. The zero-order valence-electron chi connectivity index (χ0n) is 10.2. The summed E-state index contributed by atoms with van der Waals surface area (Å²) < 4.78 is 5.59. The molecule has 1 aromatic carbocycles. The lowest BCUT2D eigenvalue weighted by Crippen LogP contribution is -1.86. The summed E-state index contributed by atoms with van der Waals surface area (Å²) in [5, 5.41) is 0. The third-order valence-electron chi connectivity index (χ3n) is 2.85. The summed E-state index contributed by atoms with van der Waals surface area (Å²) >= 11 is 0. The molecule has 0 bridgehead atoms. The van der Waals surface area contributed by atoms with Crippen LogP contribution in [0.3, 0.4) is 0 Å². The van der Waals surface area contributed by atoms with Gasteiger partial charge >= 0.3 is 0 Å². The standard InChI is InChI=1S/C14H17NO/c1-9(2)12-5-7-13(8-6-12)14-15-10(3)11(4)16-14/h5-9H,1-4H3. The lowest BCUT2D eigenvalue weighted by Gasteiger charge is -2.04. The molecule has 2 rings (SSSR count). The van der Waals surface area contributed by atoms with Gasteiger partial charge in [0.25, 0.3) is 0 Å². The van der Waals surface area contributed by atoms with Crippen LogP contribution in [0.15, 0.2) is 28.7 Å². The number of oxazole rings is 1. The van der Waals surface area contributed by atoms with Crippen molar-refractivity contribution in [1.29, 1.82) is 0 Å². The Morgan fingerprint density at radius 1 is 1.06 bits per heavy atom. The minimum atomic E-state index is 0.557. The molecular weight excluding hydrogens is 198 g/mol. The van der Waals surface area contributed by atoms with Crippen LogP contribution in [0.5, 0.6) is 0 Å². The second kappa shape index (κ2) is 4.12. The van der Waals surface area contributed by atoms with Crippen LogP contribution in [-0.4, -0.2) is 4.98 Å². The molecule has 0 aliphatic rings. The van der Waals surface area contributed by atoms with E-state index in [1.165, 1.54) is 5.56 Å². The maximum atomic E-state index is 5.59. The topological polar surface area (TPSA) is 26.0 Å². The van der Waals surface area contributed by atoms with E-state index in [-0.39, 0.29) is 0 Å². The van der Waals surface area contributed by atoms with E-state index in [0.717, 1.165) is 17.0 Å². The highest BCUT2D eigenvalue weighted by Crippen LogP contribution is 2.23. The molecule has 16 heavy (non-hydrogen) atoms. The van der Waals surface area contributed by atoms with Crippen molar-refractivity contribution >= 4 is 0 Å². The average molecular weight is 215 g/mol. The number of benzene rings is 1. The van der Waals surface area contributed by atoms with E-state index in [1.54, 1.807) is 0 Å². The summed E-state index contributed by atoms with van der Waals surface area (Å²) in [4.78, 5) is 4.39. The fourth-order valence-corrected chi connectivity index (χ4v) is 1.61. The summed E-state index contributed by atoms with van der Waals surface area (Å²) in [5.41, 5.74) is 3.34. The monoisotopic (exact) mass is 215 g/mol. The van der Waals surface area contributed by atoms with Crippen LogP contribution in [0.1, 0.15) is 36.8 Å². The van der Waals surface area contributed by atoms with E-state index in [2.05, 4.69) is 43.1 Å². The summed E-state index contributed by atoms with van der Waals surface area (Å²) in [6, 6.07) is 8.41. The van der Waals surface area contributed by atoms with Crippen molar-refractivity contribution in [3.63, 3.8) is 0 Å². The Morgan fingerprint density at radius 2 is 1.69 bits per heavy atom. The van der Waals surface area contributed by atoms with E-state index >= 15 is 0 Å². The first-order chi connectivity index (χ1) is 7.58. The van der Waals surface area contributed by atoms with E-state index in [1.807, 2.05) is 13.8 Å². The average Bonchev–Trinajstić information content (AvgIpc) is 2.59. The highest BCUT2D eigenvalue weighted by Gasteiger charge is 2.08. The quantitative estimate of drug-likeness (QED) is 0.754. The van der Waals surface area contributed by atoms with Crippen LogP contribution in [0, 0.1) is 13.8 Å². The van der Waals surface area contributed by atoms with E-state index in [9.17, 15) is 0 Å². The normalized spacial score (nSPS) is 11.1. The Kier molecular flexibility index (Phi) is 2.82. The van der Waals surface area contributed by atoms with Gasteiger partial charge in [-0.1, -0.05) is 26.0 Å². The minimum absolute atomic E-state index is 0.557. The fraction of sp³-hybridized carbons (Fsp3) is 0.357. The predicted octanol–water partition coefficient (Wildman–Crippen LogP) is 4.08. The molecule has 0 aliphatic carbocycles. The molecule has 2 aromatic rings. The van der Waals surface area contributed by atoms with Crippen molar-refractivity contribution in [2.75, 3.05) is 0 Å². The smallest absolute Gasteiger partial charge is 0.226 e. The Hall–Kier alpha value is -1.57. The lowest BCUT2D eigenvalue weighted by atomic mass is 10.0. The number of hydrogen-bond acceptors (Lipinski definition) is 2. The van der Waals surface area contributed by atoms with E-state index in [0.29, 0.717) is 11.8 Å². The summed E-state index contributed by atoms with van der Waals surface area (Å²) in [6.07, 6.45) is 0. The molecule has 0 amide bonds. The number of nitrogens with zero attached hydrogens (tertiary/aromatic N) is 1. The lowest BCUT2D eigenvalue weighted by molar-refractivity contribution is 0.541. The van der Waals surface area contributed by atoms with Crippen molar-refractivity contribution in [3.8, 4) is 11.5 Å². The van der Waals surface area contributed by atoms with Gasteiger partial charge in [-0.3, -0.25) is 0 Å². The highest BCUT2D eigenvalue weighted by atomic mass is 16.4. The first-order valence-corrected chi connectivity index (χ1v) is 5.62. The Morgan fingerprint density at radius 3 is 2.12 bits per heavy atom. The van der Waals surface area contributed by atoms with Crippen LogP contribution in [0.25, 0.3) is 11.5 Å². The number of hydrogen-bond donors (Lipinski definition) is 0. The molecule has 0 radical (unpaired) electrons. The van der Waals surface area contributed by atoms with Crippen molar-refractivity contribution in [2.24, 2.45) is 0 Å². The zero-order valence-corrected chi connectivity index (χ0v) is 10.2. The van der Waals surface area contributed by atoms with Crippen LogP contribution in [0.2, 0.25) is 0 Å². The number of aromatic nitrogens is 1. The molecule has 1 heterocycles. The van der Waals surface area contributed by atoms with Crippen LogP contribution in [0.4, 0.5) is 0 Å². The molecule has 0 N–H and O–H groups in total. The van der Waals surface area contributed by atoms with Gasteiger partial charge in [0.05, 0.1) is 5.69 Å². The summed E-state index contributed by atoms with van der Waals surface area (Å²) in [7, 11) is 0. The van der Waals surface area contributed by atoms with Crippen LogP contribution in [-0.2, 0) is 0 Å². The molecule has 0 unspecified atom stereocenters. The number of rotatable bonds is 2. The molecule has 0 saturated heterocycles. The first-order valence-electron chi connectivity index (χ1n) is 5.62.